The van der Waals surface area contributed by atoms with Crippen LogP contribution in [0.1, 0.15) is 30.7 Å². The fraction of sp³-hybridized carbons (Fsp3) is 0.577. The topological polar surface area (TPSA) is 84.9 Å². The first kappa shape index (κ1) is 25.1. The number of rotatable bonds is 7. The van der Waals surface area contributed by atoms with Crippen molar-refractivity contribution in [2.75, 3.05) is 64.0 Å². The third-order valence-corrected chi connectivity index (χ3v) is 8.22. The van der Waals surface area contributed by atoms with Crippen LogP contribution in [0.5, 0.6) is 5.88 Å². The summed E-state index contributed by atoms with van der Waals surface area (Å²) in [5, 5.41) is 0. The van der Waals surface area contributed by atoms with Crippen LogP contribution in [0.3, 0.4) is 0 Å². The van der Waals surface area contributed by atoms with E-state index < -0.39 is 0 Å². The molecule has 1 aliphatic carbocycles. The molecule has 194 valence electrons. The molecule has 2 saturated heterocycles. The first-order chi connectivity index (χ1) is 17.6. The molecule has 2 atom stereocenters. The van der Waals surface area contributed by atoms with E-state index in [2.05, 4.69) is 27.2 Å². The third-order valence-electron chi connectivity index (χ3n) is 7.08. The maximum absolute atomic E-state index is 5.57. The van der Waals surface area contributed by atoms with Crippen LogP contribution >= 0.6 is 11.3 Å². The van der Waals surface area contributed by atoms with Crippen LogP contribution in [0.2, 0.25) is 0 Å². The highest BCUT2D eigenvalue weighted by Crippen LogP contribution is 2.46. The summed E-state index contributed by atoms with van der Waals surface area (Å²) in [7, 11) is 3.17. The lowest BCUT2D eigenvalue weighted by atomic mass is 10.1. The Morgan fingerprint density at radius 2 is 1.89 bits per heavy atom. The Labute approximate surface area is 216 Å². The molecule has 6 rings (SSSR count). The van der Waals surface area contributed by atoms with Crippen molar-refractivity contribution in [3.8, 4) is 17.1 Å². The van der Waals surface area contributed by atoms with Crippen LogP contribution in [-0.2, 0) is 16.1 Å². The molecule has 9 nitrogen and oxygen atoms in total. The number of aryl methyl sites for hydroxylation is 1. The zero-order valence-electron chi connectivity index (χ0n) is 21.8. The van der Waals surface area contributed by atoms with Gasteiger partial charge in [-0.3, -0.25) is 15.2 Å². The second-order valence-electron chi connectivity index (χ2n) is 9.32. The molecule has 3 aromatic heterocycles. The van der Waals surface area contributed by atoms with E-state index in [9.17, 15) is 0 Å². The maximum Gasteiger partial charge on any atom is 0.239 e. The van der Waals surface area contributed by atoms with Crippen LogP contribution in [-0.4, -0.2) is 73.5 Å². The molecule has 0 amide bonds. The molecule has 0 spiro atoms. The number of morpholine rings is 1. The number of thiophene rings is 1. The summed E-state index contributed by atoms with van der Waals surface area (Å²) in [6.07, 6.45) is 3.23. The number of nitrogens with zero attached hydrogens (tertiary/aromatic N) is 5. The average Bonchev–Trinajstić information content (AvgIpc) is 3.40. The van der Waals surface area contributed by atoms with Gasteiger partial charge in [0.15, 0.2) is 0 Å². The summed E-state index contributed by atoms with van der Waals surface area (Å²) < 4.78 is 12.1. The second kappa shape index (κ2) is 10.8. The predicted molar refractivity (Wildman–Crippen MR) is 144 cm³/mol. The minimum absolute atomic E-state index is 0.472. The molecule has 3 aliphatic rings. The van der Waals surface area contributed by atoms with E-state index in [1.54, 1.807) is 25.6 Å². The quantitative estimate of drug-likeness (QED) is 0.464. The highest BCUT2D eigenvalue weighted by molar-refractivity contribution is 7.19. The van der Waals surface area contributed by atoms with Crippen molar-refractivity contribution in [2.24, 2.45) is 11.8 Å². The summed E-state index contributed by atoms with van der Waals surface area (Å²) in [4.78, 5) is 26.0. The highest BCUT2D eigenvalue weighted by atomic mass is 32.1. The van der Waals surface area contributed by atoms with Crippen molar-refractivity contribution in [1.29, 1.82) is 0 Å². The molecule has 1 saturated carbocycles. The van der Waals surface area contributed by atoms with E-state index in [0.29, 0.717) is 24.8 Å². The number of hydrogen-bond acceptors (Lipinski definition) is 10. The minimum Gasteiger partial charge on any atom is -0.479 e. The number of likely N-dealkylation sites (tertiary alicyclic amines) is 1. The number of piperidine rings is 1. The molecule has 0 aromatic carbocycles. The van der Waals surface area contributed by atoms with E-state index in [1.807, 2.05) is 26.1 Å². The SMILES string of the molecule is CC.CONc1cc(-c2nc(N3CCOCC3)nc3c(CN4CC5CC5C4)c(C)sc23)cnc1OC. The van der Waals surface area contributed by atoms with Gasteiger partial charge >= 0.3 is 0 Å². The molecule has 0 radical (unpaired) electrons. The lowest BCUT2D eigenvalue weighted by Gasteiger charge is -2.27. The van der Waals surface area contributed by atoms with Crippen molar-refractivity contribution in [2.45, 2.75) is 33.7 Å². The molecule has 36 heavy (non-hydrogen) atoms. The highest BCUT2D eigenvalue weighted by Gasteiger charge is 2.45. The van der Waals surface area contributed by atoms with Crippen LogP contribution in [0.25, 0.3) is 21.5 Å². The van der Waals surface area contributed by atoms with E-state index in [-0.39, 0.29) is 0 Å². The van der Waals surface area contributed by atoms with Crippen LogP contribution < -0.4 is 15.1 Å². The van der Waals surface area contributed by atoms with Crippen molar-refractivity contribution < 1.29 is 14.3 Å². The van der Waals surface area contributed by atoms with Gasteiger partial charge in [-0.15, -0.1) is 11.3 Å². The first-order valence-electron chi connectivity index (χ1n) is 12.8. The van der Waals surface area contributed by atoms with Crippen LogP contribution in [0.15, 0.2) is 12.3 Å². The smallest absolute Gasteiger partial charge is 0.239 e. The molecular formula is C26H36N6O3S. The monoisotopic (exact) mass is 512 g/mol. The Hall–Kier alpha value is -2.53. The van der Waals surface area contributed by atoms with Gasteiger partial charge in [-0.2, -0.15) is 0 Å². The summed E-state index contributed by atoms with van der Waals surface area (Å²) in [5.41, 5.74) is 7.72. The number of fused-ring (bicyclic) bond motifs is 2. The number of aromatic nitrogens is 3. The maximum atomic E-state index is 5.57. The second-order valence-corrected chi connectivity index (χ2v) is 10.5. The Morgan fingerprint density at radius 3 is 2.58 bits per heavy atom. The van der Waals surface area contributed by atoms with Gasteiger partial charge in [0.05, 0.1) is 43.3 Å². The van der Waals surface area contributed by atoms with Gasteiger partial charge < -0.3 is 14.4 Å². The summed E-state index contributed by atoms with van der Waals surface area (Å²) in [5.74, 6) is 3.05. The molecule has 10 heteroatoms. The lowest BCUT2D eigenvalue weighted by molar-refractivity contribution is 0.122. The normalized spacial score (nSPS) is 21.2. The van der Waals surface area contributed by atoms with Crippen LogP contribution in [0, 0.1) is 18.8 Å². The van der Waals surface area contributed by atoms with Gasteiger partial charge in [0, 0.05) is 54.9 Å². The molecule has 3 aromatic rings. The zero-order chi connectivity index (χ0) is 25.2. The Balaban J connectivity index is 0.00000130. The van der Waals surface area contributed by atoms with Gasteiger partial charge in [-0.25, -0.2) is 15.0 Å². The van der Waals surface area contributed by atoms with Gasteiger partial charge in [-0.1, -0.05) is 13.8 Å². The van der Waals surface area contributed by atoms with Crippen molar-refractivity contribution in [3.63, 3.8) is 0 Å². The first-order valence-corrected chi connectivity index (χ1v) is 13.6. The van der Waals surface area contributed by atoms with E-state index in [4.69, 9.17) is 24.3 Å². The number of ether oxygens (including phenoxy) is 2. The number of anilines is 2. The number of hydrogen-bond donors (Lipinski definition) is 1. The number of pyridine rings is 1. The van der Waals surface area contributed by atoms with Gasteiger partial charge in [-0.05, 0) is 31.2 Å². The molecule has 1 N–H and O–H groups in total. The number of methoxy groups -OCH3 is 1. The fourth-order valence-electron chi connectivity index (χ4n) is 5.18. The molecule has 2 unspecified atom stereocenters. The molecule has 3 fully saturated rings. The minimum atomic E-state index is 0.472. The Morgan fingerprint density at radius 1 is 1.14 bits per heavy atom. The van der Waals surface area contributed by atoms with E-state index >= 15 is 0 Å². The Kier molecular flexibility index (Phi) is 7.57. The third kappa shape index (κ3) is 4.87. The molecule has 5 heterocycles. The lowest BCUT2D eigenvalue weighted by Crippen LogP contribution is -2.37. The van der Waals surface area contributed by atoms with Crippen molar-refractivity contribution in [1.82, 2.24) is 19.9 Å². The summed E-state index contributed by atoms with van der Waals surface area (Å²) >= 11 is 1.77. The summed E-state index contributed by atoms with van der Waals surface area (Å²) in [6.45, 7) is 12.5. The number of nitrogens with one attached hydrogen (secondary N) is 1. The Bertz CT molecular complexity index is 1200. The van der Waals surface area contributed by atoms with Gasteiger partial charge in [0.1, 0.15) is 5.69 Å². The van der Waals surface area contributed by atoms with E-state index in [1.165, 1.54) is 30.0 Å². The van der Waals surface area contributed by atoms with Crippen LogP contribution in [0.4, 0.5) is 11.6 Å². The summed E-state index contributed by atoms with van der Waals surface area (Å²) in [6, 6.07) is 1.98. The predicted octanol–water partition coefficient (Wildman–Crippen LogP) is 4.36. The van der Waals surface area contributed by atoms with Crippen molar-refractivity contribution in [3.05, 3.63) is 22.7 Å². The fourth-order valence-corrected chi connectivity index (χ4v) is 6.30. The van der Waals surface area contributed by atoms with E-state index in [0.717, 1.165) is 58.9 Å². The van der Waals surface area contributed by atoms with Crippen molar-refractivity contribution >= 4 is 33.2 Å². The molecular weight excluding hydrogens is 476 g/mol. The standard InChI is InChI=1S/C24H30N6O3S.C2H6/c1-14-18(13-29-11-16-8-17(16)12-29)21-22(34-14)20(26-24(27-21)30-4-6-33-7-5-30)15-9-19(28-32-3)23(31-2)25-10-15;1-2/h9-10,16-17,28H,4-8,11-13H2,1-3H3;1-2H3. The van der Waals surface area contributed by atoms with Gasteiger partial charge in [0.25, 0.3) is 0 Å². The zero-order valence-corrected chi connectivity index (χ0v) is 22.7. The largest absolute Gasteiger partial charge is 0.479 e. The van der Waals surface area contributed by atoms with Gasteiger partial charge in [0.2, 0.25) is 11.8 Å². The molecule has 0 bridgehead atoms. The average molecular weight is 513 g/mol. The molecule has 2 aliphatic heterocycles.